The Morgan fingerprint density at radius 1 is 1.32 bits per heavy atom. The van der Waals surface area contributed by atoms with Crippen LogP contribution in [0.5, 0.6) is 0 Å². The van der Waals surface area contributed by atoms with Gasteiger partial charge in [-0.2, -0.15) is 0 Å². The first-order valence-electron chi connectivity index (χ1n) is 6.52. The molecule has 1 aromatic rings. The Bertz CT molecular complexity index is 468. The van der Waals surface area contributed by atoms with Crippen LogP contribution in [0.1, 0.15) is 42.4 Å². The molecule has 2 N–H and O–H groups in total. The number of amides is 1. The van der Waals surface area contributed by atoms with Crippen LogP contribution in [0.3, 0.4) is 0 Å². The molecule has 0 fully saturated rings. The van der Waals surface area contributed by atoms with Crippen molar-refractivity contribution in [3.05, 3.63) is 34.9 Å². The van der Waals surface area contributed by atoms with Crippen LogP contribution in [-0.2, 0) is 9.59 Å². The molecule has 1 aromatic carbocycles. The van der Waals surface area contributed by atoms with Gasteiger partial charge in [-0.15, -0.1) is 0 Å². The molecule has 0 radical (unpaired) electrons. The lowest BCUT2D eigenvalue weighted by atomic mass is 9.90. The molecular weight excluding hydrogens is 242 g/mol. The molecule has 0 spiro atoms. The van der Waals surface area contributed by atoms with E-state index in [1.54, 1.807) is 0 Å². The molecule has 4 heteroatoms. The maximum Gasteiger partial charge on any atom is 0.304 e. The predicted octanol–water partition coefficient (Wildman–Crippen LogP) is 2.39. The van der Waals surface area contributed by atoms with Crippen LogP contribution >= 0.6 is 0 Å². The highest BCUT2D eigenvalue weighted by Gasteiger charge is 2.24. The van der Waals surface area contributed by atoms with Crippen molar-refractivity contribution in [1.82, 2.24) is 5.32 Å². The predicted molar refractivity (Wildman–Crippen MR) is 74.2 cm³/mol. The fraction of sp³-hybridized carbons (Fsp3) is 0.467. The lowest BCUT2D eigenvalue weighted by molar-refractivity contribution is -0.139. The molecule has 1 atom stereocenters. The summed E-state index contributed by atoms with van der Waals surface area (Å²) in [6.45, 7) is 6.41. The number of nitrogens with one attached hydrogen (secondary N) is 1. The molecule has 0 heterocycles. The molecule has 0 aliphatic heterocycles. The number of carbonyl (C=O) groups excluding carboxylic acids is 1. The van der Waals surface area contributed by atoms with Crippen molar-refractivity contribution < 1.29 is 14.7 Å². The molecule has 0 aliphatic rings. The van der Waals surface area contributed by atoms with E-state index < -0.39 is 11.9 Å². The Balaban J connectivity index is 3.01. The van der Waals surface area contributed by atoms with E-state index in [0.717, 1.165) is 23.1 Å². The van der Waals surface area contributed by atoms with Crippen LogP contribution in [0.15, 0.2) is 18.2 Å². The highest BCUT2D eigenvalue weighted by Crippen LogP contribution is 2.24. The standard InChI is InChI=1S/C15H21NO3/c1-4-7-16-15(19)13(9-14(17)18)12-6-5-10(2)8-11(12)3/h5-6,8,13H,4,7,9H2,1-3H3,(H,16,19)(H,17,18). The van der Waals surface area contributed by atoms with Gasteiger partial charge in [-0.3, -0.25) is 9.59 Å². The zero-order valence-corrected chi connectivity index (χ0v) is 11.7. The van der Waals surface area contributed by atoms with Crippen LogP contribution in [0.2, 0.25) is 0 Å². The average Bonchev–Trinajstić information content (AvgIpc) is 2.33. The fourth-order valence-electron chi connectivity index (χ4n) is 2.11. The largest absolute Gasteiger partial charge is 0.481 e. The zero-order chi connectivity index (χ0) is 14.4. The summed E-state index contributed by atoms with van der Waals surface area (Å²) in [4.78, 5) is 23.1. The van der Waals surface area contributed by atoms with Crippen LogP contribution < -0.4 is 5.32 Å². The number of carboxylic acid groups (broad SMARTS) is 1. The monoisotopic (exact) mass is 263 g/mol. The Kier molecular flexibility index (Phi) is 5.55. The fourth-order valence-corrected chi connectivity index (χ4v) is 2.11. The number of carboxylic acids is 1. The Morgan fingerprint density at radius 3 is 2.53 bits per heavy atom. The molecule has 1 unspecified atom stereocenters. The summed E-state index contributed by atoms with van der Waals surface area (Å²) < 4.78 is 0. The first kappa shape index (κ1) is 15.2. The van der Waals surface area contributed by atoms with Crippen LogP contribution in [0.4, 0.5) is 0 Å². The third-order valence-corrected chi connectivity index (χ3v) is 3.05. The molecule has 1 rings (SSSR count). The summed E-state index contributed by atoms with van der Waals surface area (Å²) in [5.41, 5.74) is 2.85. The van der Waals surface area contributed by atoms with Crippen LogP contribution in [0, 0.1) is 13.8 Å². The van der Waals surface area contributed by atoms with Gasteiger partial charge >= 0.3 is 5.97 Å². The molecule has 0 bridgehead atoms. The topological polar surface area (TPSA) is 66.4 Å². The second-order valence-corrected chi connectivity index (χ2v) is 4.80. The SMILES string of the molecule is CCCNC(=O)C(CC(=O)O)c1ccc(C)cc1C. The minimum absolute atomic E-state index is 0.181. The van der Waals surface area contributed by atoms with Gasteiger partial charge in [0.1, 0.15) is 0 Å². The highest BCUT2D eigenvalue weighted by molar-refractivity contribution is 5.88. The number of rotatable bonds is 6. The number of aryl methyl sites for hydroxylation is 2. The van der Waals surface area contributed by atoms with Gasteiger partial charge in [-0.1, -0.05) is 30.7 Å². The molecule has 0 saturated heterocycles. The summed E-state index contributed by atoms with van der Waals surface area (Å²) in [6, 6.07) is 5.73. The number of benzene rings is 1. The van der Waals surface area contributed by atoms with Crippen molar-refractivity contribution in [2.45, 2.75) is 39.5 Å². The van der Waals surface area contributed by atoms with Gasteiger partial charge in [0.2, 0.25) is 5.91 Å². The first-order chi connectivity index (χ1) is 8.95. The zero-order valence-electron chi connectivity index (χ0n) is 11.7. The Morgan fingerprint density at radius 2 is 2.00 bits per heavy atom. The number of aliphatic carboxylic acids is 1. The molecular formula is C15H21NO3. The molecule has 19 heavy (non-hydrogen) atoms. The van der Waals surface area contributed by atoms with Crippen molar-refractivity contribution in [2.24, 2.45) is 0 Å². The molecule has 0 aromatic heterocycles. The normalized spacial score (nSPS) is 11.9. The third kappa shape index (κ3) is 4.39. The van der Waals surface area contributed by atoms with Crippen LogP contribution in [0.25, 0.3) is 0 Å². The smallest absolute Gasteiger partial charge is 0.304 e. The van der Waals surface area contributed by atoms with Gasteiger partial charge in [0.15, 0.2) is 0 Å². The highest BCUT2D eigenvalue weighted by atomic mass is 16.4. The van der Waals surface area contributed by atoms with E-state index in [0.29, 0.717) is 6.54 Å². The summed E-state index contributed by atoms with van der Waals surface area (Å²) in [6.07, 6.45) is 0.651. The van der Waals surface area contributed by atoms with Gasteiger partial charge in [-0.25, -0.2) is 0 Å². The summed E-state index contributed by atoms with van der Waals surface area (Å²) in [5, 5.41) is 11.8. The van der Waals surface area contributed by atoms with Gasteiger partial charge in [0.05, 0.1) is 12.3 Å². The molecule has 104 valence electrons. The molecule has 4 nitrogen and oxygen atoms in total. The Labute approximate surface area is 113 Å². The van der Waals surface area contributed by atoms with Crippen molar-refractivity contribution in [3.63, 3.8) is 0 Å². The van der Waals surface area contributed by atoms with E-state index in [1.807, 2.05) is 39.0 Å². The molecule has 1 amide bonds. The molecule has 0 saturated carbocycles. The van der Waals surface area contributed by atoms with Crippen molar-refractivity contribution in [1.29, 1.82) is 0 Å². The lowest BCUT2D eigenvalue weighted by Gasteiger charge is -2.17. The maximum atomic E-state index is 12.1. The number of hydrogen-bond donors (Lipinski definition) is 2. The average molecular weight is 263 g/mol. The first-order valence-corrected chi connectivity index (χ1v) is 6.52. The van der Waals surface area contributed by atoms with Crippen molar-refractivity contribution >= 4 is 11.9 Å². The van der Waals surface area contributed by atoms with E-state index in [-0.39, 0.29) is 12.3 Å². The van der Waals surface area contributed by atoms with E-state index in [9.17, 15) is 9.59 Å². The number of hydrogen-bond acceptors (Lipinski definition) is 2. The van der Waals surface area contributed by atoms with Gasteiger partial charge in [0, 0.05) is 6.54 Å². The van der Waals surface area contributed by atoms with Crippen molar-refractivity contribution in [3.8, 4) is 0 Å². The van der Waals surface area contributed by atoms with Gasteiger partial charge in [0.25, 0.3) is 0 Å². The minimum atomic E-state index is -0.961. The lowest BCUT2D eigenvalue weighted by Crippen LogP contribution is -2.31. The van der Waals surface area contributed by atoms with Crippen LogP contribution in [-0.4, -0.2) is 23.5 Å². The number of carbonyl (C=O) groups is 2. The van der Waals surface area contributed by atoms with Crippen molar-refractivity contribution in [2.75, 3.05) is 6.54 Å². The summed E-state index contributed by atoms with van der Waals surface area (Å²) in [7, 11) is 0. The van der Waals surface area contributed by atoms with E-state index in [2.05, 4.69) is 5.32 Å². The van der Waals surface area contributed by atoms with Gasteiger partial charge < -0.3 is 10.4 Å². The minimum Gasteiger partial charge on any atom is -0.481 e. The maximum absolute atomic E-state index is 12.1. The second-order valence-electron chi connectivity index (χ2n) is 4.80. The summed E-state index contributed by atoms with van der Waals surface area (Å²) >= 11 is 0. The second kappa shape index (κ2) is 6.92. The Hall–Kier alpha value is -1.84. The van der Waals surface area contributed by atoms with E-state index in [1.165, 1.54) is 0 Å². The van der Waals surface area contributed by atoms with Gasteiger partial charge in [-0.05, 0) is 31.4 Å². The van der Waals surface area contributed by atoms with E-state index >= 15 is 0 Å². The molecule has 0 aliphatic carbocycles. The quantitative estimate of drug-likeness (QED) is 0.828. The third-order valence-electron chi connectivity index (χ3n) is 3.05. The summed E-state index contributed by atoms with van der Waals surface area (Å²) in [5.74, 6) is -1.79. The van der Waals surface area contributed by atoms with E-state index in [4.69, 9.17) is 5.11 Å².